The lowest BCUT2D eigenvalue weighted by Gasteiger charge is -2.28. The van der Waals surface area contributed by atoms with Gasteiger partial charge in [-0.15, -0.1) is 0 Å². The van der Waals surface area contributed by atoms with Gasteiger partial charge in [0.2, 0.25) is 0 Å². The van der Waals surface area contributed by atoms with Gasteiger partial charge in [0.05, 0.1) is 23.3 Å². The normalized spacial score (nSPS) is 17.4. The Labute approximate surface area is 244 Å². The summed E-state index contributed by atoms with van der Waals surface area (Å²) in [6.45, 7) is 4.92. The van der Waals surface area contributed by atoms with Gasteiger partial charge in [0.15, 0.2) is 16.7 Å². The van der Waals surface area contributed by atoms with E-state index in [9.17, 15) is 9.59 Å². The highest BCUT2D eigenvalue weighted by Crippen LogP contribution is 2.36. The predicted octanol–water partition coefficient (Wildman–Crippen LogP) is 6.59. The maximum absolute atomic E-state index is 13.2. The summed E-state index contributed by atoms with van der Waals surface area (Å²) in [7, 11) is 1.57. The van der Waals surface area contributed by atoms with Crippen molar-refractivity contribution in [3.63, 3.8) is 0 Å². The number of rotatable bonds is 9. The number of piperidine rings is 1. The molecule has 0 spiro atoms. The van der Waals surface area contributed by atoms with E-state index in [-0.39, 0.29) is 18.1 Å². The maximum Gasteiger partial charge on any atom is 0.335 e. The number of benzene rings is 3. The molecular weight excluding hydrogens is 538 g/mol. The second-order valence-electron chi connectivity index (χ2n) is 9.82. The molecule has 212 valence electrons. The van der Waals surface area contributed by atoms with Crippen molar-refractivity contribution >= 4 is 46.3 Å². The van der Waals surface area contributed by atoms with Gasteiger partial charge in [0.1, 0.15) is 6.61 Å². The van der Waals surface area contributed by atoms with E-state index in [1.165, 1.54) is 36.7 Å². The summed E-state index contributed by atoms with van der Waals surface area (Å²) in [4.78, 5) is 33.8. The van der Waals surface area contributed by atoms with Crippen molar-refractivity contribution in [1.82, 2.24) is 4.90 Å². The lowest BCUT2D eigenvalue weighted by atomic mass is 10.1. The summed E-state index contributed by atoms with van der Waals surface area (Å²) >= 11 is 1.36. The van der Waals surface area contributed by atoms with Crippen molar-refractivity contribution in [2.45, 2.75) is 32.8 Å². The molecule has 2 fully saturated rings. The van der Waals surface area contributed by atoms with E-state index in [1.54, 1.807) is 42.3 Å². The fourth-order valence-corrected chi connectivity index (χ4v) is 5.88. The van der Waals surface area contributed by atoms with Gasteiger partial charge in [-0.2, -0.15) is 0 Å². The number of hydrogen-bond acceptors (Lipinski definition) is 7. The number of carboxylic acids is 1. The lowest BCUT2D eigenvalue weighted by molar-refractivity contribution is -0.122. The zero-order valence-corrected chi connectivity index (χ0v) is 24.0. The van der Waals surface area contributed by atoms with Gasteiger partial charge in [-0.05, 0) is 104 Å². The number of aromatic carboxylic acids is 1. The first-order valence-electron chi connectivity index (χ1n) is 13.7. The summed E-state index contributed by atoms with van der Waals surface area (Å²) < 4.78 is 11.5. The Morgan fingerprint density at radius 1 is 1.00 bits per heavy atom. The first kappa shape index (κ1) is 28.3. The Hall–Kier alpha value is -4.24. The average Bonchev–Trinajstić information content (AvgIpc) is 3.30. The van der Waals surface area contributed by atoms with Crippen LogP contribution in [0.25, 0.3) is 6.08 Å². The summed E-state index contributed by atoms with van der Waals surface area (Å²) in [6, 6.07) is 20.3. The molecule has 8 nitrogen and oxygen atoms in total. The molecule has 41 heavy (non-hydrogen) atoms. The summed E-state index contributed by atoms with van der Waals surface area (Å²) in [5.74, 6) is 0.0372. The van der Waals surface area contributed by atoms with Crippen molar-refractivity contribution < 1.29 is 24.2 Å². The standard InChI is InChI=1S/C32H33N3O5S/c1-3-35-30(36)29(41-32(35)33-25-12-14-26(15-13-25)34-17-5-4-6-18-34)20-23-9-16-27(28(19-23)39-2)40-21-22-7-10-24(11-8-22)31(37)38/h7-16,19-20H,3-6,17-18,21H2,1-2H3,(H,37,38)/b29-20-,33-32?. The van der Waals surface area contributed by atoms with Gasteiger partial charge in [-0.3, -0.25) is 9.69 Å². The number of hydrogen-bond donors (Lipinski definition) is 1. The SMILES string of the molecule is CCN1C(=O)/C(=C/c2ccc(OCc3ccc(C(=O)O)cc3)c(OC)c2)SC1=Nc1ccc(N2CCCCC2)cc1. The molecule has 0 aliphatic carbocycles. The Balaban J connectivity index is 1.29. The maximum atomic E-state index is 13.2. The molecule has 0 saturated carbocycles. The Morgan fingerprint density at radius 3 is 2.39 bits per heavy atom. The zero-order valence-electron chi connectivity index (χ0n) is 23.2. The Bertz CT molecular complexity index is 1460. The van der Waals surface area contributed by atoms with Gasteiger partial charge in [0, 0.05) is 25.3 Å². The molecule has 0 radical (unpaired) electrons. The molecule has 0 aromatic heterocycles. The minimum Gasteiger partial charge on any atom is -0.493 e. The van der Waals surface area contributed by atoms with Crippen LogP contribution in [-0.2, 0) is 11.4 Å². The van der Waals surface area contributed by atoms with E-state index in [0.717, 1.165) is 29.9 Å². The third kappa shape index (κ3) is 6.74. The molecule has 5 rings (SSSR count). The number of aliphatic imine (C=N–C) groups is 1. The number of carbonyl (C=O) groups excluding carboxylic acids is 1. The monoisotopic (exact) mass is 571 g/mol. The van der Waals surface area contributed by atoms with Gasteiger partial charge in [-0.25, -0.2) is 9.79 Å². The Morgan fingerprint density at radius 2 is 1.73 bits per heavy atom. The van der Waals surface area contributed by atoms with Crippen LogP contribution >= 0.6 is 11.8 Å². The molecule has 3 aromatic carbocycles. The molecule has 9 heteroatoms. The van der Waals surface area contributed by atoms with Crippen LogP contribution in [0.1, 0.15) is 47.7 Å². The summed E-state index contributed by atoms with van der Waals surface area (Å²) in [5, 5.41) is 9.73. The molecule has 0 bridgehead atoms. The zero-order chi connectivity index (χ0) is 28.8. The fourth-order valence-electron chi connectivity index (χ4n) is 4.82. The number of ether oxygens (including phenoxy) is 2. The van der Waals surface area contributed by atoms with Gasteiger partial charge < -0.3 is 19.5 Å². The van der Waals surface area contributed by atoms with E-state index in [0.29, 0.717) is 28.1 Å². The number of methoxy groups -OCH3 is 1. The van der Waals surface area contributed by atoms with Crippen molar-refractivity contribution in [2.24, 2.45) is 4.99 Å². The van der Waals surface area contributed by atoms with Crippen molar-refractivity contribution in [2.75, 3.05) is 31.6 Å². The topological polar surface area (TPSA) is 91.7 Å². The van der Waals surface area contributed by atoms with Crippen LogP contribution in [0.15, 0.2) is 76.6 Å². The first-order valence-corrected chi connectivity index (χ1v) is 14.5. The third-order valence-electron chi connectivity index (χ3n) is 7.08. The van der Waals surface area contributed by atoms with Gasteiger partial charge in [0.25, 0.3) is 5.91 Å². The van der Waals surface area contributed by atoms with E-state index < -0.39 is 5.97 Å². The minimum atomic E-state index is -0.968. The lowest BCUT2D eigenvalue weighted by Crippen LogP contribution is -2.29. The number of thioether (sulfide) groups is 1. The van der Waals surface area contributed by atoms with Gasteiger partial charge >= 0.3 is 5.97 Å². The number of likely N-dealkylation sites (N-methyl/N-ethyl adjacent to an activating group) is 1. The second-order valence-corrected chi connectivity index (χ2v) is 10.8. The van der Waals surface area contributed by atoms with Crippen LogP contribution in [-0.4, -0.2) is 53.8 Å². The fraction of sp³-hybridized carbons (Fsp3) is 0.281. The second kappa shape index (κ2) is 13.0. The molecule has 2 aliphatic rings. The van der Waals surface area contributed by atoms with Crippen LogP contribution in [0, 0.1) is 0 Å². The number of amides is 1. The van der Waals surface area contributed by atoms with E-state index in [1.807, 2.05) is 37.3 Å². The number of amidine groups is 1. The highest BCUT2D eigenvalue weighted by atomic mass is 32.2. The number of carbonyl (C=O) groups is 2. The number of anilines is 1. The largest absolute Gasteiger partial charge is 0.493 e. The van der Waals surface area contributed by atoms with E-state index in [4.69, 9.17) is 19.6 Å². The van der Waals surface area contributed by atoms with Crippen LogP contribution in [0.4, 0.5) is 11.4 Å². The summed E-state index contributed by atoms with van der Waals surface area (Å²) in [6.07, 6.45) is 5.60. The quantitative estimate of drug-likeness (QED) is 0.290. The predicted molar refractivity (Wildman–Crippen MR) is 163 cm³/mol. The van der Waals surface area contributed by atoms with Crippen molar-refractivity contribution in [1.29, 1.82) is 0 Å². The smallest absolute Gasteiger partial charge is 0.335 e. The number of carboxylic acid groups (broad SMARTS) is 1. The highest BCUT2D eigenvalue weighted by molar-refractivity contribution is 8.18. The van der Waals surface area contributed by atoms with Crippen molar-refractivity contribution in [3.05, 3.63) is 88.3 Å². The van der Waals surface area contributed by atoms with E-state index >= 15 is 0 Å². The van der Waals surface area contributed by atoms with Crippen LogP contribution in [0.2, 0.25) is 0 Å². The van der Waals surface area contributed by atoms with Crippen LogP contribution in [0.5, 0.6) is 11.5 Å². The molecule has 0 atom stereocenters. The molecular formula is C32H33N3O5S. The molecule has 3 aromatic rings. The Kier molecular flexibility index (Phi) is 8.94. The first-order chi connectivity index (χ1) is 19.9. The number of nitrogens with zero attached hydrogens (tertiary/aromatic N) is 3. The molecule has 2 heterocycles. The minimum absolute atomic E-state index is 0.0784. The average molecular weight is 572 g/mol. The molecule has 1 amide bonds. The highest BCUT2D eigenvalue weighted by Gasteiger charge is 2.32. The third-order valence-corrected chi connectivity index (χ3v) is 8.09. The van der Waals surface area contributed by atoms with Gasteiger partial charge in [-0.1, -0.05) is 18.2 Å². The molecule has 2 saturated heterocycles. The van der Waals surface area contributed by atoms with Crippen LogP contribution < -0.4 is 14.4 Å². The van der Waals surface area contributed by atoms with Crippen molar-refractivity contribution in [3.8, 4) is 11.5 Å². The molecule has 0 unspecified atom stereocenters. The van der Waals surface area contributed by atoms with Crippen LogP contribution in [0.3, 0.4) is 0 Å². The summed E-state index contributed by atoms with van der Waals surface area (Å²) in [5.41, 5.74) is 3.90. The molecule has 2 aliphatic heterocycles. The van der Waals surface area contributed by atoms with E-state index in [2.05, 4.69) is 17.0 Å². The molecule has 1 N–H and O–H groups in total.